The van der Waals surface area contributed by atoms with Gasteiger partial charge in [-0.1, -0.05) is 0 Å². The van der Waals surface area contributed by atoms with E-state index in [0.29, 0.717) is 6.07 Å². The third-order valence-corrected chi connectivity index (χ3v) is 2.95. The average molecular weight is 270 g/mol. The number of H-pyrrole nitrogens is 1. The van der Waals surface area contributed by atoms with Crippen molar-refractivity contribution in [3.05, 3.63) is 40.2 Å². The maximum absolute atomic E-state index is 13.2. The van der Waals surface area contributed by atoms with Crippen molar-refractivity contribution in [1.29, 1.82) is 0 Å². The molecule has 0 aliphatic rings. The molecule has 1 heterocycles. The smallest absolute Gasteiger partial charge is 0.253 e. The number of nitrogen functional groups attached to an aromatic ring is 2. The Hall–Kier alpha value is -2.09. The summed E-state index contributed by atoms with van der Waals surface area (Å²) in [7, 11) is 0. The van der Waals surface area contributed by atoms with E-state index in [9.17, 15) is 13.6 Å². The van der Waals surface area contributed by atoms with Gasteiger partial charge in [-0.15, -0.1) is 0 Å². The summed E-state index contributed by atoms with van der Waals surface area (Å²) in [5.74, 6) is -1.63. The first-order chi connectivity index (χ1) is 8.45. The van der Waals surface area contributed by atoms with Gasteiger partial charge in [-0.05, 0) is 17.8 Å². The second kappa shape index (κ2) is 4.65. The summed E-state index contributed by atoms with van der Waals surface area (Å²) in [6.07, 6.45) is 0. The number of nitrogens with one attached hydrogen (secondary N) is 1. The quantitative estimate of drug-likeness (QED) is 0.565. The minimum absolute atomic E-state index is 0.0108. The molecule has 0 saturated carbocycles. The number of nitrogens with two attached hydrogens (primary N) is 2. The van der Waals surface area contributed by atoms with Crippen molar-refractivity contribution >= 4 is 23.3 Å². The molecule has 5 N–H and O–H groups in total. The fourth-order valence-corrected chi connectivity index (χ4v) is 2.14. The van der Waals surface area contributed by atoms with Crippen molar-refractivity contribution in [2.45, 2.75) is 10.1 Å². The van der Waals surface area contributed by atoms with Crippen molar-refractivity contribution in [2.24, 2.45) is 0 Å². The van der Waals surface area contributed by atoms with E-state index in [2.05, 4.69) is 9.97 Å². The molecule has 5 nitrogen and oxygen atoms in total. The van der Waals surface area contributed by atoms with Gasteiger partial charge in [-0.3, -0.25) is 4.79 Å². The van der Waals surface area contributed by atoms with E-state index in [1.54, 1.807) is 0 Å². The monoisotopic (exact) mass is 270 g/mol. The van der Waals surface area contributed by atoms with Crippen LogP contribution in [0.25, 0.3) is 0 Å². The molecule has 2 rings (SSSR count). The van der Waals surface area contributed by atoms with E-state index in [0.717, 1.165) is 23.9 Å². The highest BCUT2D eigenvalue weighted by Crippen LogP contribution is 2.31. The summed E-state index contributed by atoms with van der Waals surface area (Å²) in [6.45, 7) is 0. The Morgan fingerprint density at radius 2 is 1.94 bits per heavy atom. The van der Waals surface area contributed by atoms with Crippen LogP contribution in [0.5, 0.6) is 0 Å². The fourth-order valence-electron chi connectivity index (χ4n) is 1.25. The van der Waals surface area contributed by atoms with E-state index in [-0.39, 0.29) is 21.6 Å². The maximum Gasteiger partial charge on any atom is 0.253 e. The highest BCUT2D eigenvalue weighted by Gasteiger charge is 2.11. The first-order valence-corrected chi connectivity index (χ1v) is 5.56. The Kier molecular flexibility index (Phi) is 3.19. The van der Waals surface area contributed by atoms with Gasteiger partial charge in [-0.25, -0.2) is 13.8 Å². The molecule has 0 fully saturated rings. The van der Waals surface area contributed by atoms with Crippen molar-refractivity contribution in [1.82, 2.24) is 9.97 Å². The molecule has 18 heavy (non-hydrogen) atoms. The standard InChI is InChI=1S/C10H8F2N4OS/c11-4-1-5(12)9(14)6(2-4)18-10-15-7(13)3-8(17)16-10/h1-3H,14H2,(H3,13,15,16,17). The fraction of sp³-hybridized carbons (Fsp3) is 0. The summed E-state index contributed by atoms with van der Waals surface area (Å²) in [4.78, 5) is 17.5. The predicted molar refractivity (Wildman–Crippen MR) is 64.2 cm³/mol. The van der Waals surface area contributed by atoms with E-state index < -0.39 is 17.2 Å². The SMILES string of the molecule is Nc1cc(=O)[nH]c(Sc2cc(F)cc(F)c2N)n1. The van der Waals surface area contributed by atoms with Crippen LogP contribution in [-0.4, -0.2) is 9.97 Å². The topological polar surface area (TPSA) is 97.8 Å². The Labute approximate surface area is 104 Å². The lowest BCUT2D eigenvalue weighted by Crippen LogP contribution is -2.09. The van der Waals surface area contributed by atoms with Crippen LogP contribution in [0.3, 0.4) is 0 Å². The largest absolute Gasteiger partial charge is 0.395 e. The zero-order valence-corrected chi connectivity index (χ0v) is 9.72. The molecule has 0 spiro atoms. The van der Waals surface area contributed by atoms with Gasteiger partial charge in [0, 0.05) is 17.0 Å². The normalized spacial score (nSPS) is 10.6. The highest BCUT2D eigenvalue weighted by atomic mass is 32.2. The van der Waals surface area contributed by atoms with Gasteiger partial charge in [0.1, 0.15) is 17.5 Å². The van der Waals surface area contributed by atoms with Crippen LogP contribution in [-0.2, 0) is 0 Å². The second-order valence-electron chi connectivity index (χ2n) is 3.38. The van der Waals surface area contributed by atoms with Crippen LogP contribution >= 0.6 is 11.8 Å². The van der Waals surface area contributed by atoms with Gasteiger partial charge in [0.2, 0.25) is 0 Å². The second-order valence-corrected chi connectivity index (χ2v) is 4.41. The summed E-state index contributed by atoms with van der Waals surface area (Å²) >= 11 is 0.819. The van der Waals surface area contributed by atoms with Gasteiger partial charge >= 0.3 is 0 Å². The molecule has 0 saturated heterocycles. The Morgan fingerprint density at radius 3 is 2.61 bits per heavy atom. The third-order valence-electron chi connectivity index (χ3n) is 2.00. The van der Waals surface area contributed by atoms with Crippen molar-refractivity contribution in [3.8, 4) is 0 Å². The summed E-state index contributed by atoms with van der Waals surface area (Å²) in [5.41, 5.74) is 10.2. The Morgan fingerprint density at radius 1 is 1.22 bits per heavy atom. The van der Waals surface area contributed by atoms with Gasteiger partial charge in [0.05, 0.1) is 5.69 Å². The lowest BCUT2D eigenvalue weighted by atomic mass is 10.3. The molecule has 0 amide bonds. The molecule has 1 aromatic carbocycles. The van der Waals surface area contributed by atoms with Crippen LogP contribution in [0.1, 0.15) is 0 Å². The molecular formula is C10H8F2N4OS. The first kappa shape index (κ1) is 12.4. The van der Waals surface area contributed by atoms with Gasteiger partial charge in [0.15, 0.2) is 5.16 Å². The van der Waals surface area contributed by atoms with Crippen molar-refractivity contribution in [3.63, 3.8) is 0 Å². The Bertz CT molecular complexity index is 659. The molecule has 0 aliphatic heterocycles. The number of hydrogen-bond acceptors (Lipinski definition) is 5. The number of aromatic nitrogens is 2. The molecule has 0 aliphatic carbocycles. The minimum Gasteiger partial charge on any atom is -0.395 e. The zero-order chi connectivity index (χ0) is 13.3. The molecule has 0 bridgehead atoms. The first-order valence-electron chi connectivity index (χ1n) is 4.75. The van der Waals surface area contributed by atoms with E-state index in [1.807, 2.05) is 0 Å². The Balaban J connectivity index is 2.42. The number of anilines is 2. The minimum atomic E-state index is -0.872. The molecule has 0 unspecified atom stereocenters. The zero-order valence-electron chi connectivity index (χ0n) is 8.91. The number of benzene rings is 1. The van der Waals surface area contributed by atoms with E-state index >= 15 is 0 Å². The third kappa shape index (κ3) is 2.59. The molecule has 8 heteroatoms. The van der Waals surface area contributed by atoms with Crippen LogP contribution < -0.4 is 17.0 Å². The van der Waals surface area contributed by atoms with E-state index in [1.165, 1.54) is 0 Å². The average Bonchev–Trinajstić information content (AvgIpc) is 2.23. The molecule has 0 radical (unpaired) electrons. The highest BCUT2D eigenvalue weighted by molar-refractivity contribution is 7.99. The predicted octanol–water partition coefficient (Wildman–Crippen LogP) is 1.36. The summed E-state index contributed by atoms with van der Waals surface area (Å²) in [5, 5.41) is 0.108. The van der Waals surface area contributed by atoms with Crippen LogP contribution in [0, 0.1) is 11.6 Å². The molecule has 94 valence electrons. The van der Waals surface area contributed by atoms with Crippen LogP contribution in [0.15, 0.2) is 33.0 Å². The van der Waals surface area contributed by atoms with Gasteiger partial charge in [-0.2, -0.15) is 0 Å². The summed E-state index contributed by atoms with van der Waals surface area (Å²) < 4.78 is 26.2. The van der Waals surface area contributed by atoms with Gasteiger partial charge in [0.25, 0.3) is 5.56 Å². The lowest BCUT2D eigenvalue weighted by molar-refractivity contribution is 0.581. The number of hydrogen-bond donors (Lipinski definition) is 3. The number of halogens is 2. The van der Waals surface area contributed by atoms with Gasteiger partial charge < -0.3 is 16.5 Å². The van der Waals surface area contributed by atoms with Crippen molar-refractivity contribution < 1.29 is 8.78 Å². The van der Waals surface area contributed by atoms with Crippen molar-refractivity contribution in [2.75, 3.05) is 11.5 Å². The number of nitrogens with zero attached hydrogens (tertiary/aromatic N) is 1. The number of aromatic amines is 1. The molecular weight excluding hydrogens is 262 g/mol. The van der Waals surface area contributed by atoms with E-state index in [4.69, 9.17) is 11.5 Å². The molecule has 2 aromatic rings. The van der Waals surface area contributed by atoms with Crippen LogP contribution in [0.2, 0.25) is 0 Å². The summed E-state index contributed by atoms with van der Waals surface area (Å²) in [6, 6.07) is 2.82. The maximum atomic E-state index is 13.2. The molecule has 0 atom stereocenters. The lowest BCUT2D eigenvalue weighted by Gasteiger charge is -2.06. The number of rotatable bonds is 2. The molecule has 1 aromatic heterocycles. The van der Waals surface area contributed by atoms with Crippen LogP contribution in [0.4, 0.5) is 20.3 Å².